The monoisotopic (exact) mass is 453 g/mol. The molecule has 0 bridgehead atoms. The minimum Gasteiger partial charge on any atom is -0.482 e. The lowest BCUT2D eigenvalue weighted by Gasteiger charge is -2.21. The zero-order valence-electron chi connectivity index (χ0n) is 16.2. The van der Waals surface area contributed by atoms with Gasteiger partial charge in [-0.2, -0.15) is 5.10 Å². The van der Waals surface area contributed by atoms with Crippen molar-refractivity contribution < 1.29 is 27.5 Å². The van der Waals surface area contributed by atoms with Crippen LogP contribution in [0.15, 0.2) is 53.6 Å². The van der Waals surface area contributed by atoms with E-state index in [0.29, 0.717) is 22.0 Å². The normalized spacial score (nSPS) is 11.2. The molecule has 30 heavy (non-hydrogen) atoms. The molecule has 0 aliphatic carbocycles. The van der Waals surface area contributed by atoms with Crippen molar-refractivity contribution in [3.63, 3.8) is 0 Å². The Kier molecular flexibility index (Phi) is 8.19. The van der Waals surface area contributed by atoms with Gasteiger partial charge in [-0.15, -0.1) is 0 Å². The van der Waals surface area contributed by atoms with E-state index in [2.05, 4.69) is 15.3 Å². The molecular weight excluding hydrogens is 434 g/mol. The van der Waals surface area contributed by atoms with E-state index in [4.69, 9.17) is 16.3 Å². The van der Waals surface area contributed by atoms with Gasteiger partial charge in [0.15, 0.2) is 6.61 Å². The van der Waals surface area contributed by atoms with Crippen LogP contribution < -0.4 is 14.5 Å². The van der Waals surface area contributed by atoms with Crippen molar-refractivity contribution in [2.75, 3.05) is 30.8 Å². The second-order valence-corrected chi connectivity index (χ2v) is 8.32. The molecule has 160 valence electrons. The summed E-state index contributed by atoms with van der Waals surface area (Å²) in [6, 6.07) is 12.7. The van der Waals surface area contributed by atoms with E-state index in [1.807, 2.05) is 0 Å². The number of anilines is 1. The van der Waals surface area contributed by atoms with Crippen molar-refractivity contribution in [1.29, 1.82) is 0 Å². The predicted octanol–water partition coefficient (Wildman–Crippen LogP) is 1.81. The Balaban J connectivity index is 1.99. The molecular formula is C19H20ClN3O6S. The van der Waals surface area contributed by atoms with Gasteiger partial charge in [-0.1, -0.05) is 23.7 Å². The van der Waals surface area contributed by atoms with Crippen molar-refractivity contribution in [2.24, 2.45) is 5.10 Å². The minimum atomic E-state index is -3.70. The summed E-state index contributed by atoms with van der Waals surface area (Å²) in [5.41, 5.74) is 3.17. The Morgan fingerprint density at radius 1 is 1.20 bits per heavy atom. The molecule has 11 heteroatoms. The smallest absolute Gasteiger partial charge is 0.343 e. The van der Waals surface area contributed by atoms with Crippen molar-refractivity contribution >= 4 is 45.4 Å². The Hall–Kier alpha value is -3.11. The van der Waals surface area contributed by atoms with Crippen molar-refractivity contribution in [2.45, 2.75) is 0 Å². The first-order valence-corrected chi connectivity index (χ1v) is 10.8. The molecule has 0 unspecified atom stereocenters. The molecule has 9 nitrogen and oxygen atoms in total. The maximum Gasteiger partial charge on any atom is 0.343 e. The number of methoxy groups -OCH3 is 1. The first-order valence-electron chi connectivity index (χ1n) is 8.54. The van der Waals surface area contributed by atoms with Crippen LogP contribution in [0.3, 0.4) is 0 Å². The zero-order valence-corrected chi connectivity index (χ0v) is 17.8. The van der Waals surface area contributed by atoms with Crippen molar-refractivity contribution in [3.05, 3.63) is 59.1 Å². The highest BCUT2D eigenvalue weighted by Gasteiger charge is 2.20. The summed E-state index contributed by atoms with van der Waals surface area (Å²) in [7, 11) is -2.44. The van der Waals surface area contributed by atoms with Gasteiger partial charge in [0.05, 0.1) is 25.3 Å². The number of hydrazone groups is 1. The number of amides is 1. The van der Waals surface area contributed by atoms with E-state index in [1.54, 1.807) is 24.3 Å². The molecule has 0 saturated heterocycles. The lowest BCUT2D eigenvalue weighted by Crippen LogP contribution is -2.38. The number of nitrogens with zero attached hydrogens (tertiary/aromatic N) is 2. The molecule has 2 rings (SSSR count). The van der Waals surface area contributed by atoms with Crippen LogP contribution >= 0.6 is 11.6 Å². The van der Waals surface area contributed by atoms with Gasteiger partial charge in [0.2, 0.25) is 10.0 Å². The number of hydrogen-bond acceptors (Lipinski definition) is 7. The van der Waals surface area contributed by atoms with Gasteiger partial charge < -0.3 is 9.47 Å². The highest BCUT2D eigenvalue weighted by Crippen LogP contribution is 2.20. The van der Waals surface area contributed by atoms with Gasteiger partial charge in [-0.3, -0.25) is 9.10 Å². The minimum absolute atomic E-state index is 0.236. The van der Waals surface area contributed by atoms with Crippen LogP contribution in [0.4, 0.5) is 5.69 Å². The van der Waals surface area contributed by atoms with Crippen LogP contribution in [0.2, 0.25) is 5.02 Å². The third kappa shape index (κ3) is 7.37. The molecule has 1 amide bonds. The van der Waals surface area contributed by atoms with E-state index < -0.39 is 28.4 Å². The molecule has 0 heterocycles. The van der Waals surface area contributed by atoms with Gasteiger partial charge in [0.25, 0.3) is 5.91 Å². The van der Waals surface area contributed by atoms with E-state index in [0.717, 1.165) is 10.6 Å². The quantitative estimate of drug-likeness (QED) is 0.352. The summed E-state index contributed by atoms with van der Waals surface area (Å²) in [5, 5.41) is 4.27. The molecule has 1 N–H and O–H groups in total. The van der Waals surface area contributed by atoms with Gasteiger partial charge >= 0.3 is 5.97 Å². The van der Waals surface area contributed by atoms with Gasteiger partial charge in [-0.25, -0.2) is 18.6 Å². The van der Waals surface area contributed by atoms with E-state index in [-0.39, 0.29) is 6.61 Å². The molecule has 0 spiro atoms. The molecule has 0 aliphatic heterocycles. The fourth-order valence-corrected chi connectivity index (χ4v) is 3.22. The SMILES string of the molecule is COC(=O)COc1cccc(/C=N\NC(=O)CN(c2ccc(Cl)cc2)S(C)(=O)=O)c1. The standard InChI is InChI=1S/C19H20ClN3O6S/c1-28-19(25)13-29-17-5-3-4-14(10-17)11-21-22-18(24)12-23(30(2,26)27)16-8-6-15(20)7-9-16/h3-11H,12-13H2,1-2H3,(H,22,24)/b21-11-. The lowest BCUT2D eigenvalue weighted by molar-refractivity contribution is -0.142. The van der Waals surface area contributed by atoms with Crippen molar-refractivity contribution in [3.8, 4) is 5.75 Å². The van der Waals surface area contributed by atoms with Crippen molar-refractivity contribution in [1.82, 2.24) is 5.43 Å². The fraction of sp³-hybridized carbons (Fsp3) is 0.211. The fourth-order valence-electron chi connectivity index (χ4n) is 2.24. The topological polar surface area (TPSA) is 114 Å². The average molecular weight is 454 g/mol. The van der Waals surface area contributed by atoms with Gasteiger partial charge in [0, 0.05) is 5.02 Å². The van der Waals surface area contributed by atoms with Crippen LogP contribution in [0.25, 0.3) is 0 Å². The summed E-state index contributed by atoms with van der Waals surface area (Å²) < 4.78 is 34.8. The zero-order chi connectivity index (χ0) is 22.1. The van der Waals surface area contributed by atoms with Crippen LogP contribution in [-0.2, 0) is 24.3 Å². The molecule has 0 fully saturated rings. The highest BCUT2D eigenvalue weighted by atomic mass is 35.5. The summed E-state index contributed by atoms with van der Waals surface area (Å²) in [6.07, 6.45) is 2.36. The second kappa shape index (κ2) is 10.6. The highest BCUT2D eigenvalue weighted by molar-refractivity contribution is 7.92. The Bertz CT molecular complexity index is 1020. The Morgan fingerprint density at radius 3 is 2.53 bits per heavy atom. The molecule has 0 aromatic heterocycles. The van der Waals surface area contributed by atoms with E-state index >= 15 is 0 Å². The maximum atomic E-state index is 12.2. The van der Waals surface area contributed by atoms with E-state index in [1.165, 1.54) is 37.6 Å². The number of sulfonamides is 1. The predicted molar refractivity (Wildman–Crippen MR) is 113 cm³/mol. The Morgan fingerprint density at radius 2 is 1.90 bits per heavy atom. The lowest BCUT2D eigenvalue weighted by atomic mass is 10.2. The first kappa shape index (κ1) is 23.2. The number of halogens is 1. The largest absolute Gasteiger partial charge is 0.482 e. The summed E-state index contributed by atoms with van der Waals surface area (Å²) in [5.74, 6) is -0.733. The van der Waals surface area contributed by atoms with Crippen LogP contribution in [-0.4, -0.2) is 53.0 Å². The number of hydrogen-bond donors (Lipinski definition) is 1. The number of nitrogens with one attached hydrogen (secondary N) is 1. The molecule has 0 radical (unpaired) electrons. The van der Waals surface area contributed by atoms with Crippen LogP contribution in [0.5, 0.6) is 5.75 Å². The molecule has 2 aromatic carbocycles. The number of carbonyl (C=O) groups excluding carboxylic acids is 2. The van der Waals surface area contributed by atoms with Gasteiger partial charge in [-0.05, 0) is 42.0 Å². The van der Waals surface area contributed by atoms with Crippen LogP contribution in [0.1, 0.15) is 5.56 Å². The van der Waals surface area contributed by atoms with E-state index in [9.17, 15) is 18.0 Å². The average Bonchev–Trinajstić information content (AvgIpc) is 2.70. The number of esters is 1. The summed E-state index contributed by atoms with van der Waals surface area (Å²) in [6.45, 7) is -0.695. The summed E-state index contributed by atoms with van der Waals surface area (Å²) >= 11 is 5.82. The van der Waals surface area contributed by atoms with Gasteiger partial charge in [0.1, 0.15) is 12.3 Å². The third-order valence-corrected chi connectivity index (χ3v) is 5.04. The molecule has 2 aromatic rings. The number of carbonyl (C=O) groups is 2. The number of benzene rings is 2. The molecule has 0 saturated carbocycles. The summed E-state index contributed by atoms with van der Waals surface area (Å²) in [4.78, 5) is 23.3. The number of ether oxygens (including phenoxy) is 2. The third-order valence-electron chi connectivity index (χ3n) is 3.65. The molecule has 0 aliphatic rings. The van der Waals surface area contributed by atoms with Crippen LogP contribution in [0, 0.1) is 0 Å². The number of rotatable bonds is 9. The first-order chi connectivity index (χ1) is 14.2. The molecule has 0 atom stereocenters. The Labute approximate surface area is 179 Å². The second-order valence-electron chi connectivity index (χ2n) is 5.98. The maximum absolute atomic E-state index is 12.2.